The maximum atomic E-state index is 12.4. The van der Waals surface area contributed by atoms with Gasteiger partial charge in [-0.3, -0.25) is 0 Å². The Balaban J connectivity index is 2.16. The molecule has 1 aromatic carbocycles. The summed E-state index contributed by atoms with van der Waals surface area (Å²) >= 11 is 6.68. The molecule has 1 saturated carbocycles. The zero-order valence-electron chi connectivity index (χ0n) is 12.2. The number of nitrogens with one attached hydrogen (secondary N) is 1. The van der Waals surface area contributed by atoms with E-state index in [1.165, 1.54) is 6.42 Å². The summed E-state index contributed by atoms with van der Waals surface area (Å²) in [6.45, 7) is 2.29. The van der Waals surface area contributed by atoms with Crippen molar-refractivity contribution in [3.63, 3.8) is 0 Å². The van der Waals surface area contributed by atoms with Gasteiger partial charge in [0.2, 0.25) is 10.0 Å². The zero-order chi connectivity index (χ0) is 15.7. The molecule has 0 heterocycles. The molecule has 0 radical (unpaired) electrons. The summed E-state index contributed by atoms with van der Waals surface area (Å²) < 4.78 is 27.6. The normalized spacial score (nSPS) is 17.2. The number of sulfonamides is 1. The molecule has 0 aliphatic heterocycles. The fourth-order valence-corrected chi connectivity index (χ4v) is 4.86. The minimum absolute atomic E-state index is 0.0703. The molecule has 0 aromatic heterocycles. The molecule has 0 saturated heterocycles. The van der Waals surface area contributed by atoms with Crippen LogP contribution in [-0.4, -0.2) is 31.0 Å². The number of hydrogen-bond acceptors (Lipinski definition) is 4. The first kappa shape index (κ1) is 16.7. The number of nitrogens with two attached hydrogens (primary N) is 1. The van der Waals surface area contributed by atoms with E-state index < -0.39 is 10.0 Å². The van der Waals surface area contributed by atoms with Gasteiger partial charge in [-0.15, -0.1) is 0 Å². The Morgan fingerprint density at radius 2 is 2.14 bits per heavy atom. The summed E-state index contributed by atoms with van der Waals surface area (Å²) in [5.74, 6) is 0. The molecule has 3 N–H and O–H groups in total. The molecular weight excluding hydrogens is 324 g/mol. The summed E-state index contributed by atoms with van der Waals surface area (Å²) in [6.07, 6.45) is 5.34. The molecule has 7 heteroatoms. The Labute approximate surface area is 135 Å². The quantitative estimate of drug-likeness (QED) is 0.774. The van der Waals surface area contributed by atoms with Crippen molar-refractivity contribution in [1.29, 1.82) is 0 Å². The third kappa shape index (κ3) is 3.59. The standard InChI is InChI=1S/C14H20N2O2S3/c1-10-8-11(4-5-12(10)13(15)19)21(17,18)16-9-14(20-2)6-3-7-14/h4-5,8,16H,3,6-7,9H2,1-2H3,(H2,15,19). The van der Waals surface area contributed by atoms with E-state index in [1.807, 2.05) is 13.2 Å². The van der Waals surface area contributed by atoms with Crippen LogP contribution in [0.15, 0.2) is 23.1 Å². The average molecular weight is 345 g/mol. The van der Waals surface area contributed by atoms with Gasteiger partial charge in [-0.2, -0.15) is 11.8 Å². The van der Waals surface area contributed by atoms with Crippen molar-refractivity contribution < 1.29 is 8.42 Å². The fourth-order valence-electron chi connectivity index (χ4n) is 2.41. The monoisotopic (exact) mass is 344 g/mol. The third-order valence-electron chi connectivity index (χ3n) is 4.06. The van der Waals surface area contributed by atoms with Gasteiger partial charge in [-0.1, -0.05) is 24.7 Å². The van der Waals surface area contributed by atoms with Gasteiger partial charge in [-0.25, -0.2) is 13.1 Å². The van der Waals surface area contributed by atoms with Crippen LogP contribution in [0.25, 0.3) is 0 Å². The summed E-state index contributed by atoms with van der Waals surface area (Å²) in [5, 5.41) is 0. The minimum atomic E-state index is -3.49. The van der Waals surface area contributed by atoms with Crippen LogP contribution in [0.3, 0.4) is 0 Å². The highest BCUT2D eigenvalue weighted by Gasteiger charge is 2.37. The maximum Gasteiger partial charge on any atom is 0.240 e. The van der Waals surface area contributed by atoms with Gasteiger partial charge in [0.15, 0.2) is 0 Å². The predicted molar refractivity (Wildman–Crippen MR) is 92.4 cm³/mol. The van der Waals surface area contributed by atoms with E-state index >= 15 is 0 Å². The van der Waals surface area contributed by atoms with Gasteiger partial charge in [0, 0.05) is 16.9 Å². The average Bonchev–Trinajstić information content (AvgIpc) is 2.37. The van der Waals surface area contributed by atoms with Crippen LogP contribution in [0.2, 0.25) is 0 Å². The highest BCUT2D eigenvalue weighted by atomic mass is 32.2. The molecule has 1 aromatic rings. The molecule has 21 heavy (non-hydrogen) atoms. The smallest absolute Gasteiger partial charge is 0.240 e. The summed E-state index contributed by atoms with van der Waals surface area (Å²) in [6, 6.07) is 4.83. The van der Waals surface area contributed by atoms with Gasteiger partial charge in [0.1, 0.15) is 4.99 Å². The van der Waals surface area contributed by atoms with Gasteiger partial charge in [0.25, 0.3) is 0 Å². The molecule has 1 aliphatic carbocycles. The van der Waals surface area contributed by atoms with Gasteiger partial charge >= 0.3 is 0 Å². The zero-order valence-corrected chi connectivity index (χ0v) is 14.6. The predicted octanol–water partition coefficient (Wildman–Crippen LogP) is 2.19. The van der Waals surface area contributed by atoms with Crippen molar-refractivity contribution in [1.82, 2.24) is 4.72 Å². The molecule has 2 rings (SSSR count). The van der Waals surface area contributed by atoms with Crippen LogP contribution in [0, 0.1) is 6.92 Å². The molecule has 116 valence electrons. The second kappa shape index (κ2) is 6.24. The Morgan fingerprint density at radius 3 is 2.57 bits per heavy atom. The third-order valence-corrected chi connectivity index (χ3v) is 7.09. The number of thioether (sulfide) groups is 1. The van der Waals surface area contributed by atoms with Gasteiger partial charge in [-0.05, 0) is 43.7 Å². The first-order chi connectivity index (χ1) is 9.80. The van der Waals surface area contributed by atoms with E-state index in [1.54, 1.807) is 30.0 Å². The number of aryl methyl sites for hydroxylation is 1. The summed E-state index contributed by atoms with van der Waals surface area (Å²) in [4.78, 5) is 0.538. The second-order valence-electron chi connectivity index (χ2n) is 5.41. The first-order valence-corrected chi connectivity index (χ1v) is 9.87. The molecular formula is C14H20N2O2S3. The van der Waals surface area contributed by atoms with Crippen LogP contribution in [0.5, 0.6) is 0 Å². The maximum absolute atomic E-state index is 12.4. The van der Waals surface area contributed by atoms with Crippen LogP contribution in [0.4, 0.5) is 0 Å². The Kier molecular flexibility index (Phi) is 4.97. The van der Waals surface area contributed by atoms with Gasteiger partial charge < -0.3 is 5.73 Å². The number of thiocarbonyl (C=S) groups is 1. The number of hydrogen-bond donors (Lipinski definition) is 2. The summed E-state index contributed by atoms with van der Waals surface area (Å²) in [5.41, 5.74) is 7.08. The Bertz CT molecular complexity index is 647. The fraction of sp³-hybridized carbons (Fsp3) is 0.500. The Morgan fingerprint density at radius 1 is 1.48 bits per heavy atom. The van der Waals surface area contributed by atoms with Crippen molar-refractivity contribution in [3.05, 3.63) is 29.3 Å². The molecule has 1 fully saturated rings. The summed E-state index contributed by atoms with van der Waals surface area (Å²) in [7, 11) is -3.49. The molecule has 4 nitrogen and oxygen atoms in total. The van der Waals surface area contributed by atoms with E-state index in [0.717, 1.165) is 18.4 Å². The largest absolute Gasteiger partial charge is 0.389 e. The SMILES string of the molecule is CSC1(CNS(=O)(=O)c2ccc(C(N)=S)c(C)c2)CCC1. The van der Waals surface area contributed by atoms with Crippen LogP contribution in [0.1, 0.15) is 30.4 Å². The lowest BCUT2D eigenvalue weighted by molar-refractivity contribution is 0.362. The molecule has 0 spiro atoms. The molecule has 0 atom stereocenters. The highest BCUT2D eigenvalue weighted by molar-refractivity contribution is 8.00. The highest BCUT2D eigenvalue weighted by Crippen LogP contribution is 2.42. The molecule has 0 unspecified atom stereocenters. The van der Waals surface area contributed by atoms with Gasteiger partial charge in [0.05, 0.1) is 4.90 Å². The van der Waals surface area contributed by atoms with Crippen molar-refractivity contribution in [2.45, 2.75) is 35.8 Å². The molecule has 1 aliphatic rings. The van der Waals surface area contributed by atoms with Crippen molar-refractivity contribution >= 4 is 39.0 Å². The van der Waals surface area contributed by atoms with Crippen LogP contribution in [-0.2, 0) is 10.0 Å². The van der Waals surface area contributed by atoms with E-state index in [9.17, 15) is 8.42 Å². The molecule has 0 bridgehead atoms. The lowest BCUT2D eigenvalue weighted by atomic mass is 9.84. The topological polar surface area (TPSA) is 72.2 Å². The van der Waals surface area contributed by atoms with Crippen molar-refractivity contribution in [2.75, 3.05) is 12.8 Å². The van der Waals surface area contributed by atoms with E-state index in [-0.39, 0.29) is 14.6 Å². The second-order valence-corrected chi connectivity index (χ2v) is 8.89. The van der Waals surface area contributed by atoms with Crippen LogP contribution >= 0.6 is 24.0 Å². The Hall–Kier alpha value is -0.630. The number of benzene rings is 1. The lowest BCUT2D eigenvalue weighted by Crippen LogP contribution is -2.45. The van der Waals surface area contributed by atoms with Crippen LogP contribution < -0.4 is 10.5 Å². The molecule has 0 amide bonds. The lowest BCUT2D eigenvalue weighted by Gasteiger charge is -2.40. The number of rotatable bonds is 6. The van der Waals surface area contributed by atoms with Crippen molar-refractivity contribution in [3.8, 4) is 0 Å². The van der Waals surface area contributed by atoms with E-state index in [4.69, 9.17) is 18.0 Å². The first-order valence-electron chi connectivity index (χ1n) is 6.75. The van der Waals surface area contributed by atoms with E-state index in [0.29, 0.717) is 12.1 Å². The van der Waals surface area contributed by atoms with E-state index in [2.05, 4.69) is 4.72 Å². The van der Waals surface area contributed by atoms with Crippen molar-refractivity contribution in [2.24, 2.45) is 5.73 Å². The minimum Gasteiger partial charge on any atom is -0.389 e.